The van der Waals surface area contributed by atoms with Gasteiger partial charge in [0.25, 0.3) is 0 Å². The lowest BCUT2D eigenvalue weighted by molar-refractivity contribution is -0.386. The van der Waals surface area contributed by atoms with Gasteiger partial charge in [0.15, 0.2) is 5.75 Å². The molecule has 0 radical (unpaired) electrons. The molecule has 2 N–H and O–H groups in total. The number of ether oxygens (including phenoxy) is 1. The summed E-state index contributed by atoms with van der Waals surface area (Å²) in [5, 5.41) is 24.4. The minimum Gasteiger partial charge on any atom is -0.500 e. The van der Waals surface area contributed by atoms with Crippen molar-refractivity contribution in [3.63, 3.8) is 0 Å². The van der Waals surface area contributed by atoms with Crippen LogP contribution in [0.1, 0.15) is 5.56 Å². The zero-order chi connectivity index (χ0) is 18.2. The molecule has 2 aromatic carbocycles. The van der Waals surface area contributed by atoms with E-state index >= 15 is 0 Å². The van der Waals surface area contributed by atoms with E-state index in [2.05, 4.69) is 10.5 Å². The van der Waals surface area contributed by atoms with Crippen molar-refractivity contribution < 1.29 is 19.6 Å². The van der Waals surface area contributed by atoms with E-state index in [4.69, 9.17) is 4.74 Å². The molecule has 0 aliphatic carbocycles. The van der Waals surface area contributed by atoms with Crippen LogP contribution in [-0.2, 0) is 4.79 Å². The van der Waals surface area contributed by atoms with Crippen LogP contribution in [0.3, 0.4) is 0 Å². The van der Waals surface area contributed by atoms with Crippen LogP contribution in [0.25, 0.3) is 0 Å². The van der Waals surface area contributed by atoms with E-state index in [-0.39, 0.29) is 17.4 Å². The SMILES string of the molecule is COc1cc(C=NNC(=O)CSc2ccccc2)cc([N+](=O)[O-])c1O. The Hall–Kier alpha value is -3.07. The number of nitro benzene ring substituents is 1. The molecular formula is C16H15N3O5S. The molecule has 9 heteroatoms. The third-order valence-electron chi connectivity index (χ3n) is 3.01. The summed E-state index contributed by atoms with van der Waals surface area (Å²) in [4.78, 5) is 22.9. The monoisotopic (exact) mass is 361 g/mol. The number of nitrogens with one attached hydrogen (secondary N) is 1. The van der Waals surface area contributed by atoms with Gasteiger partial charge in [-0.2, -0.15) is 5.10 Å². The molecule has 0 heterocycles. The number of nitro groups is 1. The lowest BCUT2D eigenvalue weighted by Crippen LogP contribution is -2.19. The van der Waals surface area contributed by atoms with E-state index in [9.17, 15) is 20.0 Å². The highest BCUT2D eigenvalue weighted by molar-refractivity contribution is 8.00. The van der Waals surface area contributed by atoms with Gasteiger partial charge in [-0.3, -0.25) is 14.9 Å². The fourth-order valence-electron chi connectivity index (χ4n) is 1.86. The lowest BCUT2D eigenvalue weighted by atomic mass is 10.2. The van der Waals surface area contributed by atoms with Crippen LogP contribution in [0.4, 0.5) is 5.69 Å². The number of benzene rings is 2. The molecule has 0 aromatic heterocycles. The van der Waals surface area contributed by atoms with E-state index in [1.54, 1.807) is 0 Å². The number of nitrogens with zero attached hydrogens (tertiary/aromatic N) is 2. The maximum atomic E-state index is 11.7. The summed E-state index contributed by atoms with van der Waals surface area (Å²) in [5.74, 6) is -0.750. The zero-order valence-electron chi connectivity index (χ0n) is 13.2. The fraction of sp³-hybridized carbons (Fsp3) is 0.125. The van der Waals surface area contributed by atoms with Crippen LogP contribution in [0, 0.1) is 10.1 Å². The number of rotatable bonds is 7. The molecule has 0 aliphatic rings. The Balaban J connectivity index is 1.98. The van der Waals surface area contributed by atoms with Crippen LogP contribution in [0.5, 0.6) is 11.5 Å². The number of phenolic OH excluding ortho intramolecular Hbond substituents is 1. The Labute approximate surface area is 147 Å². The number of methoxy groups -OCH3 is 1. The van der Waals surface area contributed by atoms with Gasteiger partial charge in [-0.1, -0.05) is 18.2 Å². The Morgan fingerprint density at radius 3 is 2.76 bits per heavy atom. The summed E-state index contributed by atoms with van der Waals surface area (Å²) < 4.78 is 4.88. The van der Waals surface area contributed by atoms with Crippen molar-refractivity contribution in [2.45, 2.75) is 4.90 Å². The molecule has 0 atom stereocenters. The average molecular weight is 361 g/mol. The summed E-state index contributed by atoms with van der Waals surface area (Å²) >= 11 is 1.36. The van der Waals surface area contributed by atoms with Crippen LogP contribution < -0.4 is 10.2 Å². The van der Waals surface area contributed by atoms with Crippen LogP contribution in [-0.4, -0.2) is 35.0 Å². The van der Waals surface area contributed by atoms with E-state index in [1.807, 2.05) is 30.3 Å². The van der Waals surface area contributed by atoms with E-state index < -0.39 is 16.4 Å². The molecule has 0 unspecified atom stereocenters. The second-order valence-corrected chi connectivity index (χ2v) is 5.79. The van der Waals surface area contributed by atoms with Gasteiger partial charge < -0.3 is 9.84 Å². The van der Waals surface area contributed by atoms with Gasteiger partial charge in [0.2, 0.25) is 11.7 Å². The van der Waals surface area contributed by atoms with Gasteiger partial charge in [0, 0.05) is 16.5 Å². The molecule has 0 saturated heterocycles. The molecule has 0 saturated carbocycles. The Kier molecular flexibility index (Phi) is 6.35. The van der Waals surface area contributed by atoms with Gasteiger partial charge in [-0.15, -0.1) is 11.8 Å². The highest BCUT2D eigenvalue weighted by atomic mass is 32.2. The van der Waals surface area contributed by atoms with Crippen molar-refractivity contribution in [2.75, 3.05) is 12.9 Å². The molecule has 2 rings (SSSR count). The fourth-order valence-corrected chi connectivity index (χ4v) is 2.57. The van der Waals surface area contributed by atoms with Gasteiger partial charge >= 0.3 is 5.69 Å². The molecule has 0 aliphatic heterocycles. The molecular weight excluding hydrogens is 346 g/mol. The quantitative estimate of drug-likeness (QED) is 0.339. The number of thioether (sulfide) groups is 1. The Morgan fingerprint density at radius 2 is 2.12 bits per heavy atom. The number of phenols is 1. The number of hydrazone groups is 1. The van der Waals surface area contributed by atoms with Gasteiger partial charge in [0.1, 0.15) is 0 Å². The highest BCUT2D eigenvalue weighted by Gasteiger charge is 2.19. The largest absolute Gasteiger partial charge is 0.500 e. The second kappa shape index (κ2) is 8.69. The van der Waals surface area contributed by atoms with Crippen molar-refractivity contribution in [1.29, 1.82) is 0 Å². The highest BCUT2D eigenvalue weighted by Crippen LogP contribution is 2.36. The van der Waals surface area contributed by atoms with Crippen molar-refractivity contribution in [3.05, 3.63) is 58.1 Å². The summed E-state index contributed by atoms with van der Waals surface area (Å²) in [6.45, 7) is 0. The van der Waals surface area contributed by atoms with E-state index in [0.29, 0.717) is 5.56 Å². The molecule has 0 bridgehead atoms. The standard InChI is InChI=1S/C16H15N3O5S/c1-24-14-8-11(7-13(16(14)21)19(22)23)9-17-18-15(20)10-25-12-5-3-2-4-6-12/h2-9,21H,10H2,1H3,(H,18,20). The first-order valence-corrected chi connectivity index (χ1v) is 8.05. The van der Waals surface area contributed by atoms with Crippen LogP contribution >= 0.6 is 11.8 Å². The van der Waals surface area contributed by atoms with Crippen LogP contribution in [0.2, 0.25) is 0 Å². The third kappa shape index (κ3) is 5.21. The van der Waals surface area contributed by atoms with Crippen molar-refractivity contribution in [1.82, 2.24) is 5.43 Å². The zero-order valence-corrected chi connectivity index (χ0v) is 14.0. The van der Waals surface area contributed by atoms with Gasteiger partial charge in [0.05, 0.1) is 24.0 Å². The smallest absolute Gasteiger partial charge is 0.315 e. The topological polar surface area (TPSA) is 114 Å². The maximum Gasteiger partial charge on any atom is 0.315 e. The predicted molar refractivity (Wildman–Crippen MR) is 94.2 cm³/mol. The third-order valence-corrected chi connectivity index (χ3v) is 4.02. The predicted octanol–water partition coefficient (Wildman–Crippen LogP) is 2.55. The summed E-state index contributed by atoms with van der Waals surface area (Å²) in [6.07, 6.45) is 1.24. The number of aromatic hydroxyl groups is 1. The normalized spacial score (nSPS) is 10.6. The van der Waals surface area contributed by atoms with Crippen LogP contribution in [0.15, 0.2) is 52.5 Å². The molecule has 0 fully saturated rings. The molecule has 2 aromatic rings. The minimum absolute atomic E-state index is 0.0541. The molecule has 0 spiro atoms. The second-order valence-electron chi connectivity index (χ2n) is 4.74. The van der Waals surface area contributed by atoms with Gasteiger partial charge in [-0.05, 0) is 18.2 Å². The number of hydrogen-bond donors (Lipinski definition) is 2. The molecule has 25 heavy (non-hydrogen) atoms. The first-order chi connectivity index (χ1) is 12.0. The summed E-state index contributed by atoms with van der Waals surface area (Å²) in [5.41, 5.74) is 2.13. The van der Waals surface area contributed by atoms with E-state index in [1.165, 1.54) is 31.2 Å². The first kappa shape index (κ1) is 18.3. The van der Waals surface area contributed by atoms with Crippen molar-refractivity contribution in [2.24, 2.45) is 5.10 Å². The first-order valence-electron chi connectivity index (χ1n) is 7.06. The maximum absolute atomic E-state index is 11.7. The van der Waals surface area contributed by atoms with Gasteiger partial charge in [-0.25, -0.2) is 5.43 Å². The number of hydrogen-bond acceptors (Lipinski definition) is 7. The molecule has 8 nitrogen and oxygen atoms in total. The Bertz CT molecular complexity index is 796. The molecule has 130 valence electrons. The summed E-state index contributed by atoms with van der Waals surface area (Å²) in [6, 6.07) is 11.9. The van der Waals surface area contributed by atoms with Crippen molar-refractivity contribution in [3.8, 4) is 11.5 Å². The number of carbonyl (C=O) groups excluding carboxylic acids is 1. The summed E-state index contributed by atoms with van der Waals surface area (Å²) in [7, 11) is 1.28. The number of carbonyl (C=O) groups is 1. The molecule has 1 amide bonds. The Morgan fingerprint density at radius 1 is 1.40 bits per heavy atom. The number of amides is 1. The lowest BCUT2D eigenvalue weighted by Gasteiger charge is -2.05. The van der Waals surface area contributed by atoms with Crippen molar-refractivity contribution >= 4 is 29.6 Å². The minimum atomic E-state index is -0.732. The average Bonchev–Trinajstić information content (AvgIpc) is 2.61. The van der Waals surface area contributed by atoms with E-state index in [0.717, 1.165) is 11.0 Å².